The molecule has 2 aromatic rings. The Morgan fingerprint density at radius 3 is 2.29 bits per heavy atom. The van der Waals surface area contributed by atoms with E-state index in [1.807, 2.05) is 41.3 Å². The van der Waals surface area contributed by atoms with Crippen LogP contribution in [0.5, 0.6) is 5.75 Å². The number of likely N-dealkylation sites (tertiary alicyclic amines) is 1. The summed E-state index contributed by atoms with van der Waals surface area (Å²) in [4.78, 5) is 19.6. The van der Waals surface area contributed by atoms with Gasteiger partial charge in [-0.25, -0.2) is 4.79 Å². The van der Waals surface area contributed by atoms with Crippen molar-refractivity contribution in [3.8, 4) is 11.8 Å². The standard InChI is InChI=1S/C27H35N5O2/c1-20(2)30-12-10-22(11-13-30)25-18-23(6-9-26(25)34-3)29-27(33)32-16-14-31(15-17-32)24-7-4-21(19-28)5-8-24/h4-9,18,20,22H,10-17H2,1-3H3,(H,29,33). The summed E-state index contributed by atoms with van der Waals surface area (Å²) in [6.45, 7) is 9.52. The van der Waals surface area contributed by atoms with Crippen LogP contribution in [0.25, 0.3) is 0 Å². The van der Waals surface area contributed by atoms with E-state index in [2.05, 4.69) is 41.1 Å². The molecule has 7 nitrogen and oxygen atoms in total. The lowest BCUT2D eigenvalue weighted by molar-refractivity contribution is 0.171. The molecule has 180 valence electrons. The summed E-state index contributed by atoms with van der Waals surface area (Å²) in [7, 11) is 1.72. The largest absolute Gasteiger partial charge is 0.496 e. The SMILES string of the molecule is COc1ccc(NC(=O)N2CCN(c3ccc(C#N)cc3)CC2)cc1C1CCN(C(C)C)CC1. The number of carbonyl (C=O) groups excluding carboxylic acids is 1. The van der Waals surface area contributed by atoms with Crippen LogP contribution in [-0.4, -0.2) is 68.3 Å². The van der Waals surface area contributed by atoms with Crippen molar-refractivity contribution in [3.63, 3.8) is 0 Å². The Bertz CT molecular complexity index is 1010. The Morgan fingerprint density at radius 1 is 1.03 bits per heavy atom. The highest BCUT2D eigenvalue weighted by Crippen LogP contribution is 2.36. The maximum Gasteiger partial charge on any atom is 0.321 e. The minimum absolute atomic E-state index is 0.0646. The van der Waals surface area contributed by atoms with Gasteiger partial charge in [0.05, 0.1) is 18.7 Å². The van der Waals surface area contributed by atoms with E-state index in [9.17, 15) is 4.79 Å². The number of piperazine rings is 1. The second-order valence-corrected chi connectivity index (χ2v) is 9.42. The molecule has 0 atom stereocenters. The van der Waals surface area contributed by atoms with Crippen LogP contribution < -0.4 is 15.0 Å². The highest BCUT2D eigenvalue weighted by atomic mass is 16.5. The number of anilines is 2. The Labute approximate surface area is 202 Å². The zero-order valence-electron chi connectivity index (χ0n) is 20.5. The Balaban J connectivity index is 1.36. The first-order valence-electron chi connectivity index (χ1n) is 12.2. The maximum atomic E-state index is 13.0. The molecule has 2 aliphatic heterocycles. The first-order chi connectivity index (χ1) is 16.5. The summed E-state index contributed by atoms with van der Waals surface area (Å²) in [6, 6.07) is 16.3. The van der Waals surface area contributed by atoms with Crippen LogP contribution in [0.1, 0.15) is 43.7 Å². The van der Waals surface area contributed by atoms with Crippen molar-refractivity contribution >= 4 is 17.4 Å². The predicted molar refractivity (Wildman–Crippen MR) is 136 cm³/mol. The number of carbonyl (C=O) groups is 1. The molecule has 2 amide bonds. The number of ether oxygens (including phenoxy) is 1. The van der Waals surface area contributed by atoms with Gasteiger partial charge in [-0.1, -0.05) is 0 Å². The summed E-state index contributed by atoms with van der Waals surface area (Å²) in [5, 5.41) is 12.1. The summed E-state index contributed by atoms with van der Waals surface area (Å²) < 4.78 is 5.66. The lowest BCUT2D eigenvalue weighted by Gasteiger charge is -2.36. The number of hydrogen-bond donors (Lipinski definition) is 1. The molecular weight excluding hydrogens is 426 g/mol. The van der Waals surface area contributed by atoms with Crippen LogP contribution in [0, 0.1) is 11.3 Å². The van der Waals surface area contributed by atoms with Crippen LogP contribution in [-0.2, 0) is 0 Å². The molecule has 0 aromatic heterocycles. The number of methoxy groups -OCH3 is 1. The van der Waals surface area contributed by atoms with E-state index in [0.29, 0.717) is 30.6 Å². The minimum Gasteiger partial charge on any atom is -0.496 e. The van der Waals surface area contributed by atoms with Crippen LogP contribution in [0.3, 0.4) is 0 Å². The quantitative estimate of drug-likeness (QED) is 0.709. The van der Waals surface area contributed by atoms with E-state index >= 15 is 0 Å². The van der Waals surface area contributed by atoms with Crippen LogP contribution in [0.4, 0.5) is 16.2 Å². The molecule has 2 saturated heterocycles. The lowest BCUT2D eigenvalue weighted by atomic mass is 9.88. The zero-order valence-corrected chi connectivity index (χ0v) is 20.5. The number of urea groups is 1. The normalized spacial score (nSPS) is 17.5. The molecule has 4 rings (SSSR count). The number of benzene rings is 2. The average Bonchev–Trinajstić information content (AvgIpc) is 2.89. The number of hydrogen-bond acceptors (Lipinski definition) is 5. The smallest absolute Gasteiger partial charge is 0.321 e. The van der Waals surface area contributed by atoms with Crippen molar-refractivity contribution < 1.29 is 9.53 Å². The fraction of sp³-hybridized carbons (Fsp3) is 0.481. The molecule has 0 bridgehead atoms. The third kappa shape index (κ3) is 5.45. The number of piperidine rings is 1. The van der Waals surface area contributed by atoms with Gasteiger partial charge in [0.2, 0.25) is 0 Å². The van der Waals surface area contributed by atoms with Crippen molar-refractivity contribution in [2.45, 2.75) is 38.6 Å². The van der Waals surface area contributed by atoms with Crippen molar-refractivity contribution in [2.75, 3.05) is 56.6 Å². The van der Waals surface area contributed by atoms with Gasteiger partial charge in [0.25, 0.3) is 0 Å². The number of nitriles is 1. The molecule has 0 radical (unpaired) electrons. The molecule has 1 N–H and O–H groups in total. The van der Waals surface area contributed by atoms with Crippen molar-refractivity contribution in [1.82, 2.24) is 9.80 Å². The van der Waals surface area contributed by atoms with Gasteiger partial charge in [0, 0.05) is 43.6 Å². The highest BCUT2D eigenvalue weighted by molar-refractivity contribution is 5.89. The van der Waals surface area contributed by atoms with Gasteiger partial charge in [-0.2, -0.15) is 5.26 Å². The first-order valence-corrected chi connectivity index (χ1v) is 12.2. The van der Waals surface area contributed by atoms with Crippen molar-refractivity contribution in [1.29, 1.82) is 5.26 Å². The summed E-state index contributed by atoms with van der Waals surface area (Å²) in [6.07, 6.45) is 2.20. The van der Waals surface area contributed by atoms with E-state index in [0.717, 1.165) is 56.1 Å². The van der Waals surface area contributed by atoms with Gasteiger partial charge in [-0.05, 0) is 93.7 Å². The van der Waals surface area contributed by atoms with Crippen molar-refractivity contribution in [2.24, 2.45) is 0 Å². The van der Waals surface area contributed by atoms with E-state index in [-0.39, 0.29) is 6.03 Å². The topological polar surface area (TPSA) is 71.8 Å². The number of rotatable bonds is 5. The summed E-state index contributed by atoms with van der Waals surface area (Å²) >= 11 is 0. The molecule has 7 heteroatoms. The van der Waals surface area contributed by atoms with Crippen molar-refractivity contribution in [3.05, 3.63) is 53.6 Å². The van der Waals surface area contributed by atoms with Crippen LogP contribution in [0.15, 0.2) is 42.5 Å². The molecule has 2 aliphatic rings. The molecular formula is C27H35N5O2. The van der Waals surface area contributed by atoms with Crippen LogP contribution in [0.2, 0.25) is 0 Å². The zero-order chi connectivity index (χ0) is 24.1. The molecule has 34 heavy (non-hydrogen) atoms. The molecule has 0 unspecified atom stereocenters. The number of nitrogens with one attached hydrogen (secondary N) is 1. The molecule has 0 aliphatic carbocycles. The first kappa shape index (κ1) is 23.9. The van der Waals surface area contributed by atoms with Gasteiger partial charge in [-0.3, -0.25) is 0 Å². The second kappa shape index (κ2) is 10.8. The van der Waals surface area contributed by atoms with E-state index in [1.54, 1.807) is 7.11 Å². The summed E-state index contributed by atoms with van der Waals surface area (Å²) in [5.41, 5.74) is 3.75. The lowest BCUT2D eigenvalue weighted by Crippen LogP contribution is -2.50. The van der Waals surface area contributed by atoms with Gasteiger partial charge >= 0.3 is 6.03 Å². The van der Waals surface area contributed by atoms with Gasteiger partial charge in [0.1, 0.15) is 5.75 Å². The Kier molecular flexibility index (Phi) is 7.59. The molecule has 0 spiro atoms. The summed E-state index contributed by atoms with van der Waals surface area (Å²) in [5.74, 6) is 1.34. The second-order valence-electron chi connectivity index (χ2n) is 9.42. The van der Waals surface area contributed by atoms with E-state index in [1.165, 1.54) is 5.56 Å². The molecule has 2 fully saturated rings. The van der Waals surface area contributed by atoms with E-state index < -0.39 is 0 Å². The highest BCUT2D eigenvalue weighted by Gasteiger charge is 2.26. The monoisotopic (exact) mass is 461 g/mol. The van der Waals surface area contributed by atoms with Gasteiger partial charge in [-0.15, -0.1) is 0 Å². The van der Waals surface area contributed by atoms with E-state index in [4.69, 9.17) is 10.00 Å². The molecule has 2 aromatic carbocycles. The van der Waals surface area contributed by atoms with Gasteiger partial charge in [0.15, 0.2) is 0 Å². The third-order valence-electron chi connectivity index (χ3n) is 7.11. The Morgan fingerprint density at radius 2 is 1.71 bits per heavy atom. The predicted octanol–water partition coefficient (Wildman–Crippen LogP) is 4.51. The average molecular weight is 462 g/mol. The van der Waals surface area contributed by atoms with Gasteiger partial charge < -0.3 is 24.8 Å². The Hall–Kier alpha value is -3.24. The fourth-order valence-electron chi connectivity index (χ4n) is 4.98. The minimum atomic E-state index is -0.0646. The molecule has 0 saturated carbocycles. The number of nitrogens with zero attached hydrogens (tertiary/aromatic N) is 4. The third-order valence-corrected chi connectivity index (χ3v) is 7.11. The number of amides is 2. The fourth-order valence-corrected chi connectivity index (χ4v) is 4.98. The maximum absolute atomic E-state index is 13.0. The van der Waals surface area contributed by atoms with Crippen LogP contribution >= 0.6 is 0 Å². The molecule has 2 heterocycles.